The van der Waals surface area contributed by atoms with Crippen LogP contribution in [-0.2, 0) is 0 Å². The molecule has 7 heteroatoms. The lowest BCUT2D eigenvalue weighted by Crippen LogP contribution is -2.04. The second-order valence-corrected chi connectivity index (χ2v) is 2.66. The lowest BCUT2D eigenvalue weighted by molar-refractivity contribution is 0.0690. The van der Waals surface area contributed by atoms with Gasteiger partial charge in [-0.1, -0.05) is 0 Å². The minimum Gasteiger partial charge on any atom is -0.476 e. The SMILES string of the molecule is O=C(O)c1cnn(-c2ccc(F)cn2)n1. The maximum Gasteiger partial charge on any atom is 0.358 e. The minimum absolute atomic E-state index is 0.193. The molecule has 2 aromatic rings. The lowest BCUT2D eigenvalue weighted by atomic mass is 10.4. The molecule has 15 heavy (non-hydrogen) atoms. The molecule has 1 N–H and O–H groups in total. The van der Waals surface area contributed by atoms with Gasteiger partial charge in [0, 0.05) is 0 Å². The molecule has 0 atom stereocenters. The van der Waals surface area contributed by atoms with Crippen LogP contribution in [-0.4, -0.2) is 31.1 Å². The predicted molar refractivity (Wildman–Crippen MR) is 46.1 cm³/mol. The molecule has 0 fully saturated rings. The zero-order valence-corrected chi connectivity index (χ0v) is 7.33. The van der Waals surface area contributed by atoms with Gasteiger partial charge in [-0.2, -0.15) is 5.10 Å². The number of carbonyl (C=O) groups is 1. The van der Waals surface area contributed by atoms with Crippen LogP contribution in [0.25, 0.3) is 5.82 Å². The van der Waals surface area contributed by atoms with Crippen molar-refractivity contribution in [2.75, 3.05) is 0 Å². The Hall–Kier alpha value is -2.31. The summed E-state index contributed by atoms with van der Waals surface area (Å²) in [6.07, 6.45) is 2.09. The summed E-state index contributed by atoms with van der Waals surface area (Å²) < 4.78 is 12.5. The quantitative estimate of drug-likeness (QED) is 0.777. The Bertz CT molecular complexity index is 494. The first kappa shape index (κ1) is 9.25. The molecule has 2 rings (SSSR count). The number of halogens is 1. The topological polar surface area (TPSA) is 80.9 Å². The first-order chi connectivity index (χ1) is 7.16. The Morgan fingerprint density at radius 3 is 2.73 bits per heavy atom. The minimum atomic E-state index is -1.18. The number of aromatic nitrogens is 4. The van der Waals surface area contributed by atoms with Crippen molar-refractivity contribution < 1.29 is 14.3 Å². The van der Waals surface area contributed by atoms with Gasteiger partial charge in [0.05, 0.1) is 12.4 Å². The fraction of sp³-hybridized carbons (Fsp3) is 0. The van der Waals surface area contributed by atoms with E-state index >= 15 is 0 Å². The Morgan fingerprint density at radius 2 is 2.20 bits per heavy atom. The van der Waals surface area contributed by atoms with Gasteiger partial charge in [0.15, 0.2) is 11.5 Å². The van der Waals surface area contributed by atoms with Crippen molar-refractivity contribution in [1.29, 1.82) is 0 Å². The van der Waals surface area contributed by atoms with Crippen LogP contribution in [0.2, 0.25) is 0 Å². The third kappa shape index (κ3) is 1.80. The smallest absolute Gasteiger partial charge is 0.358 e. The van der Waals surface area contributed by atoms with Crippen molar-refractivity contribution in [3.05, 3.63) is 36.0 Å². The van der Waals surface area contributed by atoms with E-state index in [1.54, 1.807) is 0 Å². The molecular formula is C8H5FN4O2. The summed E-state index contributed by atoms with van der Waals surface area (Å²) >= 11 is 0. The molecule has 2 heterocycles. The van der Waals surface area contributed by atoms with Crippen LogP contribution >= 0.6 is 0 Å². The Kier molecular flexibility index (Phi) is 2.13. The van der Waals surface area contributed by atoms with Crippen LogP contribution in [0.4, 0.5) is 4.39 Å². The molecule has 0 aliphatic carbocycles. The largest absolute Gasteiger partial charge is 0.476 e. The van der Waals surface area contributed by atoms with E-state index in [0.717, 1.165) is 17.2 Å². The van der Waals surface area contributed by atoms with Gasteiger partial charge in [-0.25, -0.2) is 14.2 Å². The van der Waals surface area contributed by atoms with Crippen molar-refractivity contribution in [3.63, 3.8) is 0 Å². The molecule has 0 aromatic carbocycles. The zero-order chi connectivity index (χ0) is 10.8. The van der Waals surface area contributed by atoms with Crippen molar-refractivity contribution in [2.45, 2.75) is 0 Å². The molecule has 0 unspecified atom stereocenters. The lowest BCUT2D eigenvalue weighted by Gasteiger charge is -1.96. The summed E-state index contributed by atoms with van der Waals surface area (Å²) in [6.45, 7) is 0. The van der Waals surface area contributed by atoms with Gasteiger partial charge in [-0.15, -0.1) is 9.90 Å². The van der Waals surface area contributed by atoms with E-state index in [1.807, 2.05) is 0 Å². The average Bonchev–Trinajstić information content (AvgIpc) is 2.68. The first-order valence-corrected chi connectivity index (χ1v) is 3.94. The number of hydrogen-bond donors (Lipinski definition) is 1. The molecule has 0 amide bonds. The van der Waals surface area contributed by atoms with Gasteiger partial charge in [0.25, 0.3) is 0 Å². The number of nitrogens with zero attached hydrogens (tertiary/aromatic N) is 4. The normalized spacial score (nSPS) is 10.2. The van der Waals surface area contributed by atoms with Crippen molar-refractivity contribution >= 4 is 5.97 Å². The highest BCUT2D eigenvalue weighted by molar-refractivity contribution is 5.84. The summed E-state index contributed by atoms with van der Waals surface area (Å²) in [5, 5.41) is 15.9. The highest BCUT2D eigenvalue weighted by Gasteiger charge is 2.09. The molecule has 0 aliphatic rings. The summed E-state index contributed by atoms with van der Waals surface area (Å²) in [6, 6.07) is 2.53. The molecule has 76 valence electrons. The number of rotatable bonds is 2. The van der Waals surface area contributed by atoms with Crippen LogP contribution in [0.3, 0.4) is 0 Å². The first-order valence-electron chi connectivity index (χ1n) is 3.94. The highest BCUT2D eigenvalue weighted by Crippen LogP contribution is 2.02. The molecule has 2 aromatic heterocycles. The zero-order valence-electron chi connectivity index (χ0n) is 7.33. The Morgan fingerprint density at radius 1 is 1.40 bits per heavy atom. The summed E-state index contributed by atoms with van der Waals surface area (Å²) in [4.78, 5) is 15.2. The summed E-state index contributed by atoms with van der Waals surface area (Å²) in [7, 11) is 0. The second kappa shape index (κ2) is 3.45. The Balaban J connectivity index is 2.37. The molecule has 0 bridgehead atoms. The number of pyridine rings is 1. The number of aromatic carboxylic acids is 1. The Labute approximate surface area is 83.0 Å². The van der Waals surface area contributed by atoms with E-state index in [2.05, 4.69) is 15.2 Å². The molecule has 0 saturated carbocycles. The van der Waals surface area contributed by atoms with Gasteiger partial charge in [-0.3, -0.25) is 0 Å². The number of carboxylic acid groups (broad SMARTS) is 1. The van der Waals surface area contributed by atoms with Gasteiger partial charge >= 0.3 is 5.97 Å². The van der Waals surface area contributed by atoms with E-state index in [1.165, 1.54) is 12.1 Å². The summed E-state index contributed by atoms with van der Waals surface area (Å²) in [5.74, 6) is -1.41. The third-order valence-electron chi connectivity index (χ3n) is 1.63. The van der Waals surface area contributed by atoms with Crippen LogP contribution in [0, 0.1) is 5.82 Å². The maximum absolute atomic E-state index is 12.5. The van der Waals surface area contributed by atoms with Crippen LogP contribution in [0.5, 0.6) is 0 Å². The van der Waals surface area contributed by atoms with Gasteiger partial charge in [0.2, 0.25) is 0 Å². The fourth-order valence-electron chi connectivity index (χ4n) is 0.958. The van der Waals surface area contributed by atoms with Crippen molar-refractivity contribution in [3.8, 4) is 5.82 Å². The molecule has 0 spiro atoms. The molecule has 6 nitrogen and oxygen atoms in total. The van der Waals surface area contributed by atoms with E-state index in [4.69, 9.17) is 5.11 Å². The fourth-order valence-corrected chi connectivity index (χ4v) is 0.958. The number of hydrogen-bond acceptors (Lipinski definition) is 4. The number of carboxylic acids is 1. The molecule has 0 saturated heterocycles. The van der Waals surface area contributed by atoms with Crippen molar-refractivity contribution in [1.82, 2.24) is 20.0 Å². The van der Waals surface area contributed by atoms with E-state index < -0.39 is 11.8 Å². The van der Waals surface area contributed by atoms with Crippen LogP contribution in [0.15, 0.2) is 24.5 Å². The van der Waals surface area contributed by atoms with Gasteiger partial charge < -0.3 is 5.11 Å². The third-order valence-corrected chi connectivity index (χ3v) is 1.63. The average molecular weight is 208 g/mol. The van der Waals surface area contributed by atoms with Crippen LogP contribution in [0.1, 0.15) is 10.5 Å². The van der Waals surface area contributed by atoms with Gasteiger partial charge in [0.1, 0.15) is 5.82 Å². The molecule has 0 radical (unpaired) electrons. The summed E-state index contributed by atoms with van der Waals surface area (Å²) in [5.41, 5.74) is -0.193. The standard InChI is InChI=1S/C8H5FN4O2/c9-5-1-2-7(10-3-5)13-11-4-6(12-13)8(14)15/h1-4H,(H,14,15). The maximum atomic E-state index is 12.5. The second-order valence-electron chi connectivity index (χ2n) is 2.66. The van der Waals surface area contributed by atoms with Crippen molar-refractivity contribution in [2.24, 2.45) is 0 Å². The molecular weight excluding hydrogens is 203 g/mol. The monoisotopic (exact) mass is 208 g/mol. The molecule has 0 aliphatic heterocycles. The van der Waals surface area contributed by atoms with Gasteiger partial charge in [-0.05, 0) is 12.1 Å². The van der Waals surface area contributed by atoms with E-state index in [9.17, 15) is 9.18 Å². The van der Waals surface area contributed by atoms with Crippen LogP contribution < -0.4 is 0 Å². The highest BCUT2D eigenvalue weighted by atomic mass is 19.1. The van der Waals surface area contributed by atoms with E-state index in [-0.39, 0.29) is 11.5 Å². The van der Waals surface area contributed by atoms with E-state index in [0.29, 0.717) is 0 Å². The predicted octanol–water partition coefficient (Wildman–Crippen LogP) is 0.500.